The van der Waals surface area contributed by atoms with Crippen LogP contribution < -0.4 is 0 Å². The maximum absolute atomic E-state index is 5.27. The van der Waals surface area contributed by atoms with E-state index in [-0.39, 0.29) is 0 Å². The van der Waals surface area contributed by atoms with Crippen LogP contribution in [0.2, 0.25) is 0 Å². The minimum Gasteiger partial charge on any atom is -0.292 e. The summed E-state index contributed by atoms with van der Waals surface area (Å²) < 4.78 is 2.30. The SMILES string of the molecule is c1cc(-c2ccc3c(c2)c2ccccc2c2nc4ccccc4n32)nc(-c2ccc3ccc4cccc5ccc2c3c45)c1. The number of fused-ring (bicyclic) bond motifs is 8. The number of pyridine rings is 2. The maximum atomic E-state index is 5.27. The molecule has 7 aromatic carbocycles. The lowest BCUT2D eigenvalue weighted by molar-refractivity contribution is 1.31. The molecule has 0 saturated carbocycles. The number of nitrogens with zero attached hydrogens (tertiary/aromatic N) is 3. The highest BCUT2D eigenvalue weighted by Gasteiger charge is 2.16. The fourth-order valence-electron chi connectivity index (χ4n) is 7.17. The summed E-state index contributed by atoms with van der Waals surface area (Å²) in [5, 5.41) is 11.2. The van der Waals surface area contributed by atoms with Gasteiger partial charge in [0.25, 0.3) is 0 Å². The third-order valence-electron chi connectivity index (χ3n) is 9.11. The molecule has 0 N–H and O–H groups in total. The first-order valence-corrected chi connectivity index (χ1v) is 14.7. The van der Waals surface area contributed by atoms with Crippen molar-refractivity contribution in [3.8, 4) is 22.5 Å². The summed E-state index contributed by atoms with van der Waals surface area (Å²) in [5.41, 5.74) is 8.47. The summed E-state index contributed by atoms with van der Waals surface area (Å²) in [5.74, 6) is 0. The standard InChI is InChI=1S/C40H23N3/c1-2-10-31-28(9-1)32-23-27(19-22-36(32)43-37-14-4-3-11-35(37)42-40(31)43)33-12-6-13-34(41-33)29-20-17-26-16-15-24-7-5-8-25-18-21-30(29)39(26)38(24)25/h1-23H. The van der Waals surface area contributed by atoms with Gasteiger partial charge in [-0.25, -0.2) is 9.97 Å². The van der Waals surface area contributed by atoms with Crippen LogP contribution >= 0.6 is 0 Å². The molecule has 0 amide bonds. The van der Waals surface area contributed by atoms with Crippen molar-refractivity contribution in [2.45, 2.75) is 0 Å². The van der Waals surface area contributed by atoms with Crippen LogP contribution in [0.1, 0.15) is 0 Å². The number of hydrogen-bond donors (Lipinski definition) is 0. The van der Waals surface area contributed by atoms with Gasteiger partial charge in [-0.1, -0.05) is 103 Å². The van der Waals surface area contributed by atoms with Crippen LogP contribution in [0, 0.1) is 0 Å². The molecule has 10 rings (SSSR count). The second kappa shape index (κ2) is 8.37. The molecule has 10 aromatic rings. The average Bonchev–Trinajstić information content (AvgIpc) is 3.47. The molecular formula is C40H23N3. The predicted octanol–water partition coefficient (Wildman–Crippen LogP) is 10.4. The molecule has 0 spiro atoms. The van der Waals surface area contributed by atoms with E-state index in [1.807, 2.05) is 0 Å². The van der Waals surface area contributed by atoms with Gasteiger partial charge in [-0.3, -0.25) is 4.40 Å². The molecule has 3 aromatic heterocycles. The van der Waals surface area contributed by atoms with Crippen LogP contribution in [0.4, 0.5) is 0 Å². The summed E-state index contributed by atoms with van der Waals surface area (Å²) in [6, 6.07) is 50.0. The van der Waals surface area contributed by atoms with E-state index in [0.717, 1.165) is 50.1 Å². The Labute approximate surface area is 246 Å². The van der Waals surface area contributed by atoms with Crippen molar-refractivity contribution >= 4 is 70.7 Å². The summed E-state index contributed by atoms with van der Waals surface area (Å²) in [6.07, 6.45) is 0. The van der Waals surface area contributed by atoms with E-state index < -0.39 is 0 Å². The molecule has 0 radical (unpaired) electrons. The zero-order valence-corrected chi connectivity index (χ0v) is 23.1. The van der Waals surface area contributed by atoms with Crippen LogP contribution in [0.5, 0.6) is 0 Å². The van der Waals surface area contributed by atoms with E-state index in [9.17, 15) is 0 Å². The molecule has 0 bridgehead atoms. The minimum atomic E-state index is 0.963. The molecule has 0 unspecified atom stereocenters. The van der Waals surface area contributed by atoms with E-state index in [1.54, 1.807) is 0 Å². The Hall–Kier alpha value is -5.80. The van der Waals surface area contributed by atoms with Crippen molar-refractivity contribution in [1.82, 2.24) is 14.4 Å². The Kier molecular flexibility index (Phi) is 4.45. The van der Waals surface area contributed by atoms with Gasteiger partial charge in [-0.2, -0.15) is 0 Å². The number of imidazole rings is 1. The Balaban J connectivity index is 1.20. The Bertz CT molecular complexity index is 2720. The molecular weight excluding hydrogens is 522 g/mol. The van der Waals surface area contributed by atoms with Gasteiger partial charge in [0.2, 0.25) is 0 Å². The zero-order chi connectivity index (χ0) is 28.1. The van der Waals surface area contributed by atoms with Crippen molar-refractivity contribution in [3.63, 3.8) is 0 Å². The molecule has 3 nitrogen and oxygen atoms in total. The van der Waals surface area contributed by atoms with Crippen LogP contribution in [0.25, 0.3) is 93.2 Å². The van der Waals surface area contributed by atoms with Gasteiger partial charge in [0.05, 0.1) is 27.9 Å². The van der Waals surface area contributed by atoms with E-state index in [0.29, 0.717) is 0 Å². The summed E-state index contributed by atoms with van der Waals surface area (Å²) in [7, 11) is 0. The molecule has 0 fully saturated rings. The van der Waals surface area contributed by atoms with E-state index in [2.05, 4.69) is 144 Å². The first kappa shape index (κ1) is 22.8. The van der Waals surface area contributed by atoms with Crippen LogP contribution in [-0.2, 0) is 0 Å². The first-order chi connectivity index (χ1) is 21.3. The molecule has 0 saturated heterocycles. The minimum absolute atomic E-state index is 0.963. The van der Waals surface area contributed by atoms with Crippen molar-refractivity contribution < 1.29 is 0 Å². The molecule has 0 atom stereocenters. The lowest BCUT2D eigenvalue weighted by Crippen LogP contribution is -1.93. The van der Waals surface area contributed by atoms with Gasteiger partial charge in [0.15, 0.2) is 0 Å². The highest BCUT2D eigenvalue weighted by atomic mass is 15.0. The number of rotatable bonds is 2. The molecule has 198 valence electrons. The predicted molar refractivity (Wildman–Crippen MR) is 180 cm³/mol. The van der Waals surface area contributed by atoms with Crippen molar-refractivity contribution in [3.05, 3.63) is 140 Å². The van der Waals surface area contributed by atoms with Crippen molar-refractivity contribution in [2.24, 2.45) is 0 Å². The topological polar surface area (TPSA) is 30.2 Å². The van der Waals surface area contributed by atoms with Gasteiger partial charge in [-0.15, -0.1) is 0 Å². The number of aromatic nitrogens is 3. The van der Waals surface area contributed by atoms with Gasteiger partial charge in [-0.05, 0) is 74.1 Å². The van der Waals surface area contributed by atoms with Crippen molar-refractivity contribution in [2.75, 3.05) is 0 Å². The zero-order valence-electron chi connectivity index (χ0n) is 23.1. The van der Waals surface area contributed by atoms with Crippen molar-refractivity contribution in [1.29, 1.82) is 0 Å². The van der Waals surface area contributed by atoms with Crippen LogP contribution in [0.3, 0.4) is 0 Å². The molecule has 3 heteroatoms. The van der Waals surface area contributed by atoms with Crippen LogP contribution in [0.15, 0.2) is 140 Å². The summed E-state index contributed by atoms with van der Waals surface area (Å²) >= 11 is 0. The highest BCUT2D eigenvalue weighted by molar-refractivity contribution is 6.25. The normalized spacial score (nSPS) is 12.2. The molecule has 0 aliphatic heterocycles. The number of para-hydroxylation sites is 2. The Morgan fingerprint density at radius 2 is 1.14 bits per heavy atom. The van der Waals surface area contributed by atoms with Gasteiger partial charge >= 0.3 is 0 Å². The molecule has 0 aliphatic rings. The number of hydrogen-bond acceptors (Lipinski definition) is 2. The molecule has 0 aliphatic carbocycles. The lowest BCUT2D eigenvalue weighted by Gasteiger charge is -2.14. The second-order valence-corrected chi connectivity index (χ2v) is 11.4. The van der Waals surface area contributed by atoms with Gasteiger partial charge in [0.1, 0.15) is 5.65 Å². The second-order valence-electron chi connectivity index (χ2n) is 11.4. The third kappa shape index (κ3) is 3.14. The maximum Gasteiger partial charge on any atom is 0.146 e. The Morgan fingerprint density at radius 1 is 0.419 bits per heavy atom. The molecule has 43 heavy (non-hydrogen) atoms. The van der Waals surface area contributed by atoms with Crippen LogP contribution in [-0.4, -0.2) is 14.4 Å². The van der Waals surface area contributed by atoms with E-state index in [4.69, 9.17) is 9.97 Å². The van der Waals surface area contributed by atoms with E-state index >= 15 is 0 Å². The monoisotopic (exact) mass is 545 g/mol. The lowest BCUT2D eigenvalue weighted by atomic mass is 9.91. The fraction of sp³-hybridized carbons (Fsp3) is 0. The quantitative estimate of drug-likeness (QED) is 0.202. The average molecular weight is 546 g/mol. The Morgan fingerprint density at radius 3 is 2.05 bits per heavy atom. The van der Waals surface area contributed by atoms with Gasteiger partial charge in [0, 0.05) is 21.9 Å². The summed E-state index contributed by atoms with van der Waals surface area (Å²) in [6.45, 7) is 0. The first-order valence-electron chi connectivity index (χ1n) is 14.7. The molecule has 3 heterocycles. The smallest absolute Gasteiger partial charge is 0.146 e. The highest BCUT2D eigenvalue weighted by Crippen LogP contribution is 2.40. The van der Waals surface area contributed by atoms with Gasteiger partial charge < -0.3 is 0 Å². The number of benzene rings is 7. The third-order valence-corrected chi connectivity index (χ3v) is 9.11. The van der Waals surface area contributed by atoms with E-state index in [1.165, 1.54) is 43.1 Å². The summed E-state index contributed by atoms with van der Waals surface area (Å²) in [4.78, 5) is 10.3. The largest absolute Gasteiger partial charge is 0.292 e. The fourth-order valence-corrected chi connectivity index (χ4v) is 7.17.